The second-order valence-corrected chi connectivity index (χ2v) is 7.26. The Hall–Kier alpha value is -1.24. The zero-order chi connectivity index (χ0) is 15.5. The fourth-order valence-corrected chi connectivity index (χ4v) is 2.56. The topological polar surface area (TPSA) is 3.24 Å². The third-order valence-corrected chi connectivity index (χ3v) is 4.08. The van der Waals surface area contributed by atoms with Crippen molar-refractivity contribution in [3.05, 3.63) is 47.7 Å². The second-order valence-electron chi connectivity index (χ2n) is 7.26. The summed E-state index contributed by atoms with van der Waals surface area (Å²) in [6.07, 6.45) is 5.60. The van der Waals surface area contributed by atoms with Gasteiger partial charge in [0.2, 0.25) is 0 Å². The monoisotopic (exact) mass is 273 g/mol. The molecule has 20 heavy (non-hydrogen) atoms. The van der Waals surface area contributed by atoms with Crippen LogP contribution in [0.3, 0.4) is 0 Å². The first-order valence-corrected chi connectivity index (χ1v) is 7.62. The maximum atomic E-state index is 4.13. The number of nitrogens with zero attached hydrogens (tertiary/aromatic N) is 1. The highest BCUT2D eigenvalue weighted by Gasteiger charge is 2.29. The molecule has 0 aromatic carbocycles. The normalized spacial score (nSPS) is 17.9. The quantitative estimate of drug-likeness (QED) is 0.611. The third kappa shape index (κ3) is 4.40. The van der Waals surface area contributed by atoms with Crippen molar-refractivity contribution in [3.63, 3.8) is 0 Å². The first kappa shape index (κ1) is 16.8. The van der Waals surface area contributed by atoms with Crippen molar-refractivity contribution < 1.29 is 0 Å². The molecular weight excluding hydrogens is 242 g/mol. The molecule has 0 N–H and O–H groups in total. The van der Waals surface area contributed by atoms with Gasteiger partial charge >= 0.3 is 0 Å². The van der Waals surface area contributed by atoms with E-state index in [-0.39, 0.29) is 0 Å². The van der Waals surface area contributed by atoms with E-state index in [0.717, 1.165) is 24.2 Å². The van der Waals surface area contributed by atoms with Crippen molar-refractivity contribution in [2.45, 2.75) is 48.0 Å². The molecule has 0 aliphatic carbocycles. The van der Waals surface area contributed by atoms with Crippen molar-refractivity contribution >= 4 is 0 Å². The van der Waals surface area contributed by atoms with Crippen LogP contribution in [0, 0.1) is 11.3 Å². The smallest absolute Gasteiger partial charge is 0.0352 e. The van der Waals surface area contributed by atoms with E-state index >= 15 is 0 Å². The first-order valence-electron chi connectivity index (χ1n) is 7.62. The summed E-state index contributed by atoms with van der Waals surface area (Å²) in [5.41, 5.74) is 5.29. The van der Waals surface area contributed by atoms with Gasteiger partial charge in [-0.1, -0.05) is 52.5 Å². The Morgan fingerprint density at radius 1 is 1.15 bits per heavy atom. The van der Waals surface area contributed by atoms with Crippen LogP contribution in [0.5, 0.6) is 0 Å². The van der Waals surface area contributed by atoms with Gasteiger partial charge in [0, 0.05) is 18.8 Å². The Balaban J connectivity index is 2.83. The summed E-state index contributed by atoms with van der Waals surface area (Å²) in [5.74, 6) is 0.452. The maximum Gasteiger partial charge on any atom is 0.0352 e. The van der Waals surface area contributed by atoms with Crippen LogP contribution in [-0.4, -0.2) is 18.0 Å². The van der Waals surface area contributed by atoms with Gasteiger partial charge in [-0.3, -0.25) is 0 Å². The summed E-state index contributed by atoms with van der Waals surface area (Å²) in [4.78, 5) is 2.50. The van der Waals surface area contributed by atoms with Gasteiger partial charge < -0.3 is 4.90 Å². The van der Waals surface area contributed by atoms with Gasteiger partial charge in [-0.15, -0.1) is 0 Å². The van der Waals surface area contributed by atoms with E-state index in [1.54, 1.807) is 0 Å². The van der Waals surface area contributed by atoms with Crippen molar-refractivity contribution in [1.29, 1.82) is 0 Å². The number of allylic oxidation sites excluding steroid dienone is 5. The highest BCUT2D eigenvalue weighted by atomic mass is 15.2. The molecule has 112 valence electrons. The van der Waals surface area contributed by atoms with Gasteiger partial charge in [0.05, 0.1) is 0 Å². The zero-order valence-corrected chi connectivity index (χ0v) is 14.2. The molecule has 1 nitrogen and oxygen atoms in total. The number of hydrogen-bond donors (Lipinski definition) is 0. The molecule has 1 rings (SSSR count). The lowest BCUT2D eigenvalue weighted by Gasteiger charge is -2.24. The van der Waals surface area contributed by atoms with Gasteiger partial charge in [0.1, 0.15) is 0 Å². The van der Waals surface area contributed by atoms with E-state index in [0.29, 0.717) is 11.3 Å². The van der Waals surface area contributed by atoms with Gasteiger partial charge in [0.15, 0.2) is 0 Å². The molecule has 1 aliphatic rings. The molecule has 0 aromatic heterocycles. The van der Waals surface area contributed by atoms with Crippen molar-refractivity contribution in [2.24, 2.45) is 11.3 Å². The molecule has 1 aliphatic heterocycles. The van der Waals surface area contributed by atoms with Gasteiger partial charge in [-0.05, 0) is 48.8 Å². The minimum absolute atomic E-state index is 0.424. The molecule has 0 radical (unpaired) electrons. The SMILES string of the molecule is C=C(/C=C\C(=C(C)C)N1CCC(C)(C)C1)C(=C)C(C)C. The summed E-state index contributed by atoms with van der Waals surface area (Å²) in [6, 6.07) is 0. The van der Waals surface area contributed by atoms with Crippen LogP contribution in [0.25, 0.3) is 0 Å². The van der Waals surface area contributed by atoms with Crippen molar-refractivity contribution in [1.82, 2.24) is 4.90 Å². The minimum Gasteiger partial charge on any atom is -0.371 e. The lowest BCUT2D eigenvalue weighted by Crippen LogP contribution is -2.22. The average molecular weight is 273 g/mol. The van der Waals surface area contributed by atoms with E-state index in [9.17, 15) is 0 Å². The van der Waals surface area contributed by atoms with Crippen LogP contribution < -0.4 is 0 Å². The first-order chi connectivity index (χ1) is 9.14. The predicted molar refractivity (Wildman–Crippen MR) is 90.6 cm³/mol. The molecule has 0 amide bonds. The Morgan fingerprint density at radius 3 is 2.15 bits per heavy atom. The molecule has 0 saturated carbocycles. The fraction of sp³-hybridized carbons (Fsp3) is 0.579. The van der Waals surface area contributed by atoms with E-state index in [4.69, 9.17) is 0 Å². The van der Waals surface area contributed by atoms with Crippen LogP contribution in [-0.2, 0) is 0 Å². The maximum absolute atomic E-state index is 4.13. The van der Waals surface area contributed by atoms with Crippen LogP contribution in [0.4, 0.5) is 0 Å². The van der Waals surface area contributed by atoms with Gasteiger partial charge in [-0.25, -0.2) is 0 Å². The minimum atomic E-state index is 0.424. The van der Waals surface area contributed by atoms with Gasteiger partial charge in [0.25, 0.3) is 0 Å². The molecule has 1 fully saturated rings. The number of rotatable bonds is 5. The highest BCUT2D eigenvalue weighted by molar-refractivity contribution is 5.39. The Bertz CT molecular complexity index is 442. The van der Waals surface area contributed by atoms with Crippen LogP contribution in [0.15, 0.2) is 47.7 Å². The van der Waals surface area contributed by atoms with Crippen LogP contribution in [0.1, 0.15) is 48.0 Å². The lowest BCUT2D eigenvalue weighted by molar-refractivity contribution is 0.346. The molecule has 1 saturated heterocycles. The number of likely N-dealkylation sites (tertiary alicyclic amines) is 1. The number of hydrogen-bond acceptors (Lipinski definition) is 1. The molecule has 0 spiro atoms. The standard InChI is InChI=1S/C19H31N/c1-14(2)17(6)16(5)9-10-18(15(3)4)20-12-11-19(7,8)13-20/h9-10,14H,5-6,11-13H2,1-4,7-8H3/b10-9-. The summed E-state index contributed by atoms with van der Waals surface area (Å²) >= 11 is 0. The van der Waals surface area contributed by atoms with Crippen LogP contribution in [0.2, 0.25) is 0 Å². The molecule has 1 heteroatoms. The third-order valence-electron chi connectivity index (χ3n) is 4.08. The van der Waals surface area contributed by atoms with Gasteiger partial charge in [-0.2, -0.15) is 0 Å². The predicted octanol–water partition coefficient (Wildman–Crippen LogP) is 5.34. The molecule has 0 aromatic rings. The Kier molecular flexibility index (Phi) is 5.44. The molecule has 0 unspecified atom stereocenters. The summed E-state index contributed by atoms with van der Waals surface area (Å²) in [5, 5.41) is 0. The van der Waals surface area contributed by atoms with Crippen molar-refractivity contribution in [3.8, 4) is 0 Å². The zero-order valence-electron chi connectivity index (χ0n) is 14.2. The Morgan fingerprint density at radius 2 is 1.75 bits per heavy atom. The summed E-state index contributed by atoms with van der Waals surface area (Å²) < 4.78 is 0. The molecule has 0 bridgehead atoms. The van der Waals surface area contributed by atoms with Crippen LogP contribution >= 0.6 is 0 Å². The van der Waals surface area contributed by atoms with E-state index < -0.39 is 0 Å². The fourth-order valence-electron chi connectivity index (χ4n) is 2.56. The molecule has 1 heterocycles. The molecule has 0 atom stereocenters. The second kappa shape index (κ2) is 6.47. The van der Waals surface area contributed by atoms with Crippen molar-refractivity contribution in [2.75, 3.05) is 13.1 Å². The lowest BCUT2D eigenvalue weighted by atomic mass is 9.93. The largest absolute Gasteiger partial charge is 0.371 e. The summed E-state index contributed by atoms with van der Waals surface area (Å²) in [7, 11) is 0. The van der Waals surface area contributed by atoms with E-state index in [1.807, 2.05) is 0 Å². The Labute approximate surface area is 125 Å². The van der Waals surface area contributed by atoms with E-state index in [2.05, 4.69) is 71.8 Å². The highest BCUT2D eigenvalue weighted by Crippen LogP contribution is 2.32. The summed E-state index contributed by atoms with van der Waals surface area (Å²) in [6.45, 7) is 23.9. The average Bonchev–Trinajstić information content (AvgIpc) is 2.67. The molecular formula is C19H31N. The van der Waals surface area contributed by atoms with E-state index in [1.165, 1.54) is 17.7 Å².